The molecule has 1 aromatic heterocycles. The number of para-hydroxylation sites is 1. The molecule has 1 spiro atoms. The van der Waals surface area contributed by atoms with Crippen molar-refractivity contribution in [2.24, 2.45) is 11.8 Å². The maximum Gasteiger partial charge on any atom is 0.0910 e. The molecule has 3 aliphatic rings. The fraction of sp³-hybridized carbons (Fsp3) is 0.526. The summed E-state index contributed by atoms with van der Waals surface area (Å²) in [6.07, 6.45) is 2.52. The van der Waals surface area contributed by atoms with Gasteiger partial charge in [-0.15, -0.1) is 0 Å². The lowest BCUT2D eigenvalue weighted by Gasteiger charge is -2.27. The molecule has 3 fully saturated rings. The Kier molecular flexibility index (Phi) is 2.80. The third kappa shape index (κ3) is 1.82. The van der Waals surface area contributed by atoms with Gasteiger partial charge in [0.15, 0.2) is 0 Å². The molecule has 4 nitrogen and oxygen atoms in total. The molecule has 4 atom stereocenters. The molecule has 23 heavy (non-hydrogen) atoms. The van der Waals surface area contributed by atoms with Gasteiger partial charge in [-0.25, -0.2) is 0 Å². The second-order valence-corrected chi connectivity index (χ2v) is 7.39. The molecule has 5 rings (SSSR count). The zero-order valence-electron chi connectivity index (χ0n) is 13.4. The Morgan fingerprint density at radius 3 is 3.13 bits per heavy atom. The van der Waals surface area contributed by atoms with Crippen molar-refractivity contribution < 1.29 is 9.84 Å². The predicted octanol–water partition coefficient (Wildman–Crippen LogP) is 2.52. The van der Waals surface area contributed by atoms with Crippen molar-refractivity contribution >= 4 is 16.6 Å². The average Bonchev–Trinajstić information content (AvgIpc) is 3.21. The fourth-order valence-electron chi connectivity index (χ4n) is 5.17. The molecule has 3 aliphatic heterocycles. The smallest absolute Gasteiger partial charge is 0.0910 e. The molecule has 0 amide bonds. The van der Waals surface area contributed by atoms with E-state index in [1.807, 2.05) is 6.07 Å². The van der Waals surface area contributed by atoms with E-state index in [0.717, 1.165) is 37.1 Å². The lowest BCUT2D eigenvalue weighted by atomic mass is 9.74. The third-order valence-electron chi connectivity index (χ3n) is 6.16. The Balaban J connectivity index is 1.57. The second-order valence-electron chi connectivity index (χ2n) is 7.39. The molecule has 0 aliphatic carbocycles. The predicted molar refractivity (Wildman–Crippen MR) is 89.6 cm³/mol. The summed E-state index contributed by atoms with van der Waals surface area (Å²) >= 11 is 0. The number of aromatic nitrogens is 1. The van der Waals surface area contributed by atoms with Crippen molar-refractivity contribution in [3.8, 4) is 0 Å². The van der Waals surface area contributed by atoms with Crippen molar-refractivity contribution in [1.29, 1.82) is 0 Å². The first-order valence-corrected chi connectivity index (χ1v) is 8.60. The van der Waals surface area contributed by atoms with Crippen LogP contribution >= 0.6 is 0 Å². The number of nitrogens with zero attached hydrogens (tertiary/aromatic N) is 2. The molecule has 1 aromatic carbocycles. The number of pyridine rings is 1. The number of aryl methyl sites for hydroxylation is 1. The molecule has 0 saturated carbocycles. The van der Waals surface area contributed by atoms with Crippen LogP contribution in [0, 0.1) is 18.8 Å². The number of ether oxygens (including phenoxy) is 1. The highest BCUT2D eigenvalue weighted by molar-refractivity contribution is 5.92. The van der Waals surface area contributed by atoms with Crippen LogP contribution in [0.25, 0.3) is 10.9 Å². The van der Waals surface area contributed by atoms with Crippen molar-refractivity contribution in [3.63, 3.8) is 0 Å². The Labute approximate surface area is 136 Å². The Bertz CT molecular complexity index is 777. The summed E-state index contributed by atoms with van der Waals surface area (Å²) in [5.41, 5.74) is 3.34. The van der Waals surface area contributed by atoms with E-state index in [0.29, 0.717) is 11.8 Å². The van der Waals surface area contributed by atoms with Crippen LogP contribution in [0.3, 0.4) is 0 Å². The fourth-order valence-corrected chi connectivity index (χ4v) is 5.17. The van der Waals surface area contributed by atoms with Gasteiger partial charge in [0.05, 0.1) is 17.2 Å². The molecule has 2 aromatic rings. The molecular formula is C19H22N2O2. The van der Waals surface area contributed by atoms with Gasteiger partial charge in [0, 0.05) is 48.3 Å². The van der Waals surface area contributed by atoms with Crippen molar-refractivity contribution in [1.82, 2.24) is 4.98 Å². The molecule has 1 N–H and O–H groups in total. The van der Waals surface area contributed by atoms with E-state index in [1.165, 1.54) is 11.1 Å². The van der Waals surface area contributed by atoms with Gasteiger partial charge in [0.1, 0.15) is 0 Å². The van der Waals surface area contributed by atoms with Gasteiger partial charge < -0.3 is 14.7 Å². The van der Waals surface area contributed by atoms with Crippen molar-refractivity contribution in [2.75, 3.05) is 24.6 Å². The molecule has 0 unspecified atom stereocenters. The molecule has 120 valence electrons. The van der Waals surface area contributed by atoms with Gasteiger partial charge in [-0.05, 0) is 31.9 Å². The van der Waals surface area contributed by atoms with E-state index >= 15 is 0 Å². The number of anilines is 1. The van der Waals surface area contributed by atoms with Gasteiger partial charge in [-0.1, -0.05) is 18.2 Å². The van der Waals surface area contributed by atoms with Crippen LogP contribution in [0.1, 0.15) is 18.5 Å². The summed E-state index contributed by atoms with van der Waals surface area (Å²) in [6.45, 7) is 4.23. The van der Waals surface area contributed by atoms with E-state index in [2.05, 4.69) is 41.1 Å². The number of benzene rings is 1. The van der Waals surface area contributed by atoms with Crippen LogP contribution in [0.5, 0.6) is 0 Å². The van der Waals surface area contributed by atoms with Crippen LogP contribution in [0.2, 0.25) is 0 Å². The van der Waals surface area contributed by atoms with Crippen LogP contribution < -0.4 is 4.90 Å². The molecular weight excluding hydrogens is 288 g/mol. The highest BCUT2D eigenvalue weighted by atomic mass is 16.5. The summed E-state index contributed by atoms with van der Waals surface area (Å²) in [5, 5.41) is 11.0. The summed E-state index contributed by atoms with van der Waals surface area (Å²) in [5.74, 6) is 0.765. The van der Waals surface area contributed by atoms with Crippen molar-refractivity contribution in [2.45, 2.75) is 31.5 Å². The zero-order chi connectivity index (χ0) is 15.6. The van der Waals surface area contributed by atoms with E-state index < -0.39 is 0 Å². The normalized spacial score (nSPS) is 35.2. The standard InChI is InChI=1S/C19H22N2O2/c1-12-8-17(13-4-2-3-5-16(13)20-12)21-9-15-14(10-22)18-6-7-19(15,11-21)23-18/h2-5,8,14-15,18,22H,6-7,9-11H2,1H3/t14-,15+,18+,19+/m0/s1. The van der Waals surface area contributed by atoms with Crippen LogP contribution in [-0.4, -0.2) is 41.5 Å². The van der Waals surface area contributed by atoms with E-state index in [4.69, 9.17) is 4.74 Å². The number of rotatable bonds is 2. The number of aliphatic hydroxyl groups excluding tert-OH is 1. The minimum Gasteiger partial charge on any atom is -0.396 e. The molecule has 4 heteroatoms. The van der Waals surface area contributed by atoms with Crippen LogP contribution in [0.15, 0.2) is 30.3 Å². The lowest BCUT2D eigenvalue weighted by Crippen LogP contribution is -2.37. The summed E-state index contributed by atoms with van der Waals surface area (Å²) < 4.78 is 6.36. The maximum atomic E-state index is 9.80. The van der Waals surface area contributed by atoms with Gasteiger partial charge in [-0.3, -0.25) is 4.98 Å². The first-order valence-electron chi connectivity index (χ1n) is 8.60. The van der Waals surface area contributed by atoms with E-state index in [1.54, 1.807) is 0 Å². The Morgan fingerprint density at radius 2 is 2.26 bits per heavy atom. The minimum atomic E-state index is -0.0314. The number of hydrogen-bond donors (Lipinski definition) is 1. The third-order valence-corrected chi connectivity index (χ3v) is 6.16. The number of fused-ring (bicyclic) bond motifs is 2. The van der Waals surface area contributed by atoms with Crippen molar-refractivity contribution in [3.05, 3.63) is 36.0 Å². The first kappa shape index (κ1) is 13.8. The summed E-state index contributed by atoms with van der Waals surface area (Å²) in [7, 11) is 0. The summed E-state index contributed by atoms with van der Waals surface area (Å²) in [6, 6.07) is 10.6. The monoisotopic (exact) mass is 310 g/mol. The second kappa shape index (κ2) is 4.68. The lowest BCUT2D eigenvalue weighted by molar-refractivity contribution is 0.0129. The largest absolute Gasteiger partial charge is 0.396 e. The Hall–Kier alpha value is -1.65. The molecule has 4 heterocycles. The number of hydrogen-bond acceptors (Lipinski definition) is 4. The van der Waals surface area contributed by atoms with Gasteiger partial charge >= 0.3 is 0 Å². The van der Waals surface area contributed by atoms with Gasteiger partial charge in [0.2, 0.25) is 0 Å². The van der Waals surface area contributed by atoms with Gasteiger partial charge in [-0.2, -0.15) is 0 Å². The topological polar surface area (TPSA) is 45.6 Å². The highest BCUT2D eigenvalue weighted by Crippen LogP contribution is 2.55. The minimum absolute atomic E-state index is 0.0314. The molecule has 0 radical (unpaired) electrons. The van der Waals surface area contributed by atoms with Gasteiger partial charge in [0.25, 0.3) is 0 Å². The summed E-state index contributed by atoms with van der Waals surface area (Å²) in [4.78, 5) is 7.12. The maximum absolute atomic E-state index is 9.80. The van der Waals surface area contributed by atoms with E-state index in [9.17, 15) is 5.11 Å². The Morgan fingerprint density at radius 1 is 1.39 bits per heavy atom. The average molecular weight is 310 g/mol. The highest BCUT2D eigenvalue weighted by Gasteiger charge is 2.62. The quantitative estimate of drug-likeness (QED) is 0.926. The molecule has 3 saturated heterocycles. The SMILES string of the molecule is Cc1cc(N2C[C@@H]3[C@H](CO)[C@H]4CC[C@]3(C2)O4)c2ccccc2n1. The van der Waals surface area contributed by atoms with E-state index in [-0.39, 0.29) is 18.3 Å². The first-order chi connectivity index (χ1) is 11.2. The van der Waals surface area contributed by atoms with Crippen LogP contribution in [0.4, 0.5) is 5.69 Å². The molecule has 2 bridgehead atoms. The number of aliphatic hydroxyl groups is 1. The van der Waals surface area contributed by atoms with Crippen LogP contribution in [-0.2, 0) is 4.74 Å². The zero-order valence-corrected chi connectivity index (χ0v) is 13.4.